The number of carbonyl (C=O) groups is 4. The van der Waals surface area contributed by atoms with Crippen molar-refractivity contribution in [2.75, 3.05) is 13.7 Å². The fourth-order valence-electron chi connectivity index (χ4n) is 2.56. The van der Waals surface area contributed by atoms with Crippen LogP contribution in [0.2, 0.25) is 0 Å². The van der Waals surface area contributed by atoms with Crippen LogP contribution in [0.15, 0.2) is 0 Å². The molecule has 1 saturated heterocycles. The number of esters is 2. The lowest BCUT2D eigenvalue weighted by Gasteiger charge is -2.25. The highest BCUT2D eigenvalue weighted by Gasteiger charge is 2.39. The molecule has 0 unspecified atom stereocenters. The van der Waals surface area contributed by atoms with Crippen molar-refractivity contribution in [1.29, 1.82) is 0 Å². The monoisotopic (exact) mass is 358 g/mol. The van der Waals surface area contributed by atoms with Gasteiger partial charge in [-0.25, -0.2) is 4.79 Å². The third-order valence-corrected chi connectivity index (χ3v) is 3.58. The van der Waals surface area contributed by atoms with Crippen molar-refractivity contribution in [2.24, 2.45) is 0 Å². The maximum absolute atomic E-state index is 12.4. The topological polar surface area (TPSA) is 122 Å². The average molecular weight is 358 g/mol. The van der Waals surface area contributed by atoms with Crippen LogP contribution in [0, 0.1) is 0 Å². The van der Waals surface area contributed by atoms with E-state index in [-0.39, 0.29) is 18.9 Å². The Bertz CT molecular complexity index is 541. The largest absolute Gasteiger partial charge is 0.467 e. The molecule has 25 heavy (non-hydrogen) atoms. The molecule has 2 amide bonds. The number of likely N-dealkylation sites (tertiary alicyclic amines) is 1. The van der Waals surface area contributed by atoms with Crippen molar-refractivity contribution < 1.29 is 33.8 Å². The number of hydrogen-bond donors (Lipinski definition) is 2. The van der Waals surface area contributed by atoms with Gasteiger partial charge >= 0.3 is 11.9 Å². The second kappa shape index (κ2) is 8.28. The Hall–Kier alpha value is -2.16. The number of aliphatic hydroxyl groups is 1. The maximum atomic E-state index is 12.4. The van der Waals surface area contributed by atoms with Crippen LogP contribution in [0.25, 0.3) is 0 Å². The van der Waals surface area contributed by atoms with Gasteiger partial charge in [0, 0.05) is 19.9 Å². The molecule has 0 radical (unpaired) electrons. The van der Waals surface area contributed by atoms with Crippen molar-refractivity contribution in [2.45, 2.75) is 64.3 Å². The normalized spacial score (nSPS) is 21.4. The zero-order chi connectivity index (χ0) is 19.4. The molecule has 0 saturated carbocycles. The van der Waals surface area contributed by atoms with Gasteiger partial charge in [-0.1, -0.05) is 0 Å². The van der Waals surface area contributed by atoms with Crippen LogP contribution in [0.4, 0.5) is 0 Å². The molecule has 9 nitrogen and oxygen atoms in total. The molecule has 0 bridgehead atoms. The second-order valence-electron chi connectivity index (χ2n) is 6.95. The minimum Gasteiger partial charge on any atom is -0.467 e. The van der Waals surface area contributed by atoms with E-state index in [1.807, 2.05) is 0 Å². The fourth-order valence-corrected chi connectivity index (χ4v) is 2.56. The standard InChI is InChI=1S/C16H26N2O7/c1-9(19)18-8-10(20)6-12(18)14(22)17-11(15(23)24-5)7-13(21)25-16(2,3)4/h10-12,20H,6-8H2,1-5H3,(H,17,22)/t10-,11-,12+/m1/s1. The zero-order valence-electron chi connectivity index (χ0n) is 15.2. The quantitative estimate of drug-likeness (QED) is 0.627. The number of nitrogens with zero attached hydrogens (tertiary/aromatic N) is 1. The molecule has 0 spiro atoms. The molecular formula is C16H26N2O7. The van der Waals surface area contributed by atoms with E-state index in [0.29, 0.717) is 0 Å². The molecule has 1 fully saturated rings. The van der Waals surface area contributed by atoms with Crippen LogP contribution in [0.5, 0.6) is 0 Å². The molecule has 9 heteroatoms. The smallest absolute Gasteiger partial charge is 0.328 e. The Morgan fingerprint density at radius 1 is 1.28 bits per heavy atom. The van der Waals surface area contributed by atoms with Gasteiger partial charge < -0.3 is 24.8 Å². The third kappa shape index (κ3) is 6.33. The number of carbonyl (C=O) groups excluding carboxylic acids is 4. The molecule has 0 aromatic heterocycles. The molecule has 3 atom stereocenters. The van der Waals surface area contributed by atoms with Crippen LogP contribution in [0.1, 0.15) is 40.5 Å². The number of ether oxygens (including phenoxy) is 2. The highest BCUT2D eigenvalue weighted by atomic mass is 16.6. The van der Waals surface area contributed by atoms with Gasteiger partial charge in [0.15, 0.2) is 0 Å². The van der Waals surface area contributed by atoms with Crippen LogP contribution in [-0.4, -0.2) is 71.2 Å². The summed E-state index contributed by atoms with van der Waals surface area (Å²) < 4.78 is 9.75. The number of rotatable bonds is 5. The molecule has 142 valence electrons. The summed E-state index contributed by atoms with van der Waals surface area (Å²) in [4.78, 5) is 49.0. The summed E-state index contributed by atoms with van der Waals surface area (Å²) in [5.41, 5.74) is -0.733. The summed E-state index contributed by atoms with van der Waals surface area (Å²) in [5.74, 6) is -2.46. The van der Waals surface area contributed by atoms with E-state index >= 15 is 0 Å². The van der Waals surface area contributed by atoms with Crippen LogP contribution in [-0.2, 0) is 28.7 Å². The molecule has 1 aliphatic rings. The predicted octanol–water partition coefficient (Wildman–Crippen LogP) is -0.642. The Morgan fingerprint density at radius 2 is 1.88 bits per heavy atom. The Morgan fingerprint density at radius 3 is 2.36 bits per heavy atom. The van der Waals surface area contributed by atoms with Gasteiger partial charge in [-0.3, -0.25) is 14.4 Å². The van der Waals surface area contributed by atoms with Crippen molar-refractivity contribution in [3.8, 4) is 0 Å². The number of amides is 2. The van der Waals surface area contributed by atoms with Crippen molar-refractivity contribution in [3.63, 3.8) is 0 Å². The van der Waals surface area contributed by atoms with Crippen molar-refractivity contribution in [3.05, 3.63) is 0 Å². The predicted molar refractivity (Wildman–Crippen MR) is 86.2 cm³/mol. The lowest BCUT2D eigenvalue weighted by atomic mass is 10.1. The SMILES string of the molecule is COC(=O)[C@@H](CC(=O)OC(C)(C)C)NC(=O)[C@@H]1C[C@@H](O)CN1C(C)=O. The van der Waals surface area contributed by atoms with Crippen LogP contribution in [0.3, 0.4) is 0 Å². The molecule has 1 heterocycles. The number of aliphatic hydroxyl groups excluding tert-OH is 1. The first-order valence-corrected chi connectivity index (χ1v) is 8.00. The second-order valence-corrected chi connectivity index (χ2v) is 6.95. The van der Waals surface area contributed by atoms with Gasteiger partial charge in [-0.05, 0) is 20.8 Å². The molecular weight excluding hydrogens is 332 g/mol. The Kier molecular flexibility index (Phi) is 6.92. The molecule has 2 N–H and O–H groups in total. The summed E-state index contributed by atoms with van der Waals surface area (Å²) in [6, 6.07) is -2.14. The van der Waals surface area contributed by atoms with Gasteiger partial charge in [0.05, 0.1) is 19.6 Å². The first-order valence-electron chi connectivity index (χ1n) is 8.00. The minimum atomic E-state index is -1.24. The number of β-amino-alcohol motifs (C(OH)–C–C–N with tert-alkyl or cyclic N) is 1. The highest BCUT2D eigenvalue weighted by molar-refractivity contribution is 5.92. The number of methoxy groups -OCH3 is 1. The molecule has 0 aromatic carbocycles. The summed E-state index contributed by atoms with van der Waals surface area (Å²) in [5, 5.41) is 12.1. The lowest BCUT2D eigenvalue weighted by Crippen LogP contribution is -2.51. The highest BCUT2D eigenvalue weighted by Crippen LogP contribution is 2.19. The van der Waals surface area contributed by atoms with Gasteiger partial charge in [0.25, 0.3) is 0 Å². The number of nitrogens with one attached hydrogen (secondary N) is 1. The summed E-state index contributed by atoms with van der Waals surface area (Å²) in [6.07, 6.45) is -1.15. The van der Waals surface area contributed by atoms with Crippen LogP contribution < -0.4 is 5.32 Å². The van der Waals surface area contributed by atoms with E-state index in [1.54, 1.807) is 20.8 Å². The average Bonchev–Trinajstić information content (AvgIpc) is 2.86. The third-order valence-electron chi connectivity index (χ3n) is 3.58. The Labute approximate surface area is 146 Å². The molecule has 1 rings (SSSR count). The van der Waals surface area contributed by atoms with E-state index in [4.69, 9.17) is 4.74 Å². The fraction of sp³-hybridized carbons (Fsp3) is 0.750. The van der Waals surface area contributed by atoms with E-state index in [2.05, 4.69) is 10.1 Å². The van der Waals surface area contributed by atoms with E-state index < -0.39 is 48.1 Å². The lowest BCUT2D eigenvalue weighted by molar-refractivity contribution is -0.159. The molecule has 0 aromatic rings. The molecule has 0 aliphatic carbocycles. The Balaban J connectivity index is 2.81. The summed E-state index contributed by atoms with van der Waals surface area (Å²) in [6.45, 7) is 6.38. The summed E-state index contributed by atoms with van der Waals surface area (Å²) >= 11 is 0. The van der Waals surface area contributed by atoms with Gasteiger partial charge in [0.1, 0.15) is 17.7 Å². The van der Waals surface area contributed by atoms with Gasteiger partial charge in [0.2, 0.25) is 11.8 Å². The molecule has 1 aliphatic heterocycles. The van der Waals surface area contributed by atoms with Gasteiger partial charge in [-0.15, -0.1) is 0 Å². The van der Waals surface area contributed by atoms with Gasteiger partial charge in [-0.2, -0.15) is 0 Å². The van der Waals surface area contributed by atoms with Crippen molar-refractivity contribution >= 4 is 23.8 Å². The van der Waals surface area contributed by atoms with Crippen molar-refractivity contribution in [1.82, 2.24) is 10.2 Å². The summed E-state index contributed by atoms with van der Waals surface area (Å²) in [7, 11) is 1.14. The van der Waals surface area contributed by atoms with E-state index in [0.717, 1.165) is 7.11 Å². The van der Waals surface area contributed by atoms with Crippen LogP contribution >= 0.6 is 0 Å². The first kappa shape index (κ1) is 20.9. The maximum Gasteiger partial charge on any atom is 0.328 e. The van der Waals surface area contributed by atoms with E-state index in [9.17, 15) is 24.3 Å². The minimum absolute atomic E-state index is 0.0440. The first-order chi connectivity index (χ1) is 11.4. The number of hydrogen-bond acceptors (Lipinski definition) is 7. The zero-order valence-corrected chi connectivity index (χ0v) is 15.2. The van der Waals surface area contributed by atoms with E-state index in [1.165, 1.54) is 11.8 Å².